The van der Waals surface area contributed by atoms with Gasteiger partial charge in [0.05, 0.1) is 17.6 Å². The number of rotatable bonds is 5. The fourth-order valence-electron chi connectivity index (χ4n) is 3.04. The third-order valence-electron chi connectivity index (χ3n) is 4.68. The Morgan fingerprint density at radius 3 is 2.93 bits per heavy atom. The summed E-state index contributed by atoms with van der Waals surface area (Å²) in [7, 11) is 1.89. The number of amides is 1. The molecular weight excluding hydrogens is 421 g/mol. The molecule has 0 fully saturated rings. The first-order valence-electron chi connectivity index (χ1n) is 8.93. The summed E-state index contributed by atoms with van der Waals surface area (Å²) in [5.41, 5.74) is 2.95. The van der Waals surface area contributed by atoms with Gasteiger partial charge in [-0.15, -0.1) is 11.3 Å². The minimum absolute atomic E-state index is 0.128. The normalized spacial score (nSPS) is 17.6. The van der Waals surface area contributed by atoms with E-state index in [1.54, 1.807) is 28.4 Å². The number of nitrogens with one attached hydrogen (secondary N) is 1. The van der Waals surface area contributed by atoms with Crippen molar-refractivity contribution in [3.8, 4) is 11.1 Å². The van der Waals surface area contributed by atoms with Gasteiger partial charge in [0.25, 0.3) is 5.91 Å². The molecule has 1 aliphatic heterocycles. The average Bonchev–Trinajstić information content (AvgIpc) is 3.43. The lowest BCUT2D eigenvalue weighted by molar-refractivity contribution is -0.201. The van der Waals surface area contributed by atoms with Gasteiger partial charge in [-0.1, -0.05) is 0 Å². The van der Waals surface area contributed by atoms with E-state index in [4.69, 9.17) is 5.11 Å². The maximum Gasteiger partial charge on any atom is 0.416 e. The van der Waals surface area contributed by atoms with Gasteiger partial charge in [0.15, 0.2) is 11.8 Å². The number of aliphatic hydroxyl groups excluding tert-OH is 1. The second-order valence-corrected chi connectivity index (χ2v) is 7.80. The van der Waals surface area contributed by atoms with Gasteiger partial charge in [0.1, 0.15) is 0 Å². The lowest BCUT2D eigenvalue weighted by atomic mass is 10.1. The minimum atomic E-state index is -4.78. The Labute approximate surface area is 172 Å². The summed E-state index contributed by atoms with van der Waals surface area (Å²) in [6.07, 6.45) is -0.279. The maximum absolute atomic E-state index is 12.4. The zero-order chi connectivity index (χ0) is 21.5. The summed E-state index contributed by atoms with van der Waals surface area (Å²) in [6, 6.07) is 1.56. The Kier molecular flexibility index (Phi) is 5.20. The third-order valence-corrected chi connectivity index (χ3v) is 5.61. The minimum Gasteiger partial charge on any atom is -0.382 e. The molecule has 12 heteroatoms. The summed E-state index contributed by atoms with van der Waals surface area (Å²) in [4.78, 5) is 16.8. The largest absolute Gasteiger partial charge is 0.416 e. The Morgan fingerprint density at radius 2 is 2.23 bits per heavy atom. The smallest absolute Gasteiger partial charge is 0.382 e. The number of nitrogens with zero attached hydrogens (tertiary/aromatic N) is 5. The number of aliphatic hydroxyl groups is 1. The number of aromatic nitrogens is 3. The number of alkyl halides is 3. The van der Waals surface area contributed by atoms with Crippen LogP contribution in [0.3, 0.4) is 0 Å². The van der Waals surface area contributed by atoms with E-state index in [2.05, 4.69) is 20.5 Å². The number of hydrogen-bond donors (Lipinski definition) is 2. The number of halogens is 3. The first kappa shape index (κ1) is 20.3. The molecule has 0 radical (unpaired) electrons. The Morgan fingerprint density at radius 1 is 1.43 bits per heavy atom. The van der Waals surface area contributed by atoms with E-state index in [1.807, 2.05) is 24.5 Å². The number of fused-ring (bicyclic) bond motifs is 1. The molecule has 8 nitrogen and oxygen atoms in total. The van der Waals surface area contributed by atoms with Crippen LogP contribution in [0.2, 0.25) is 0 Å². The van der Waals surface area contributed by atoms with Gasteiger partial charge in [0, 0.05) is 43.7 Å². The topological polar surface area (TPSA) is 95.1 Å². The molecule has 2 atom stereocenters. The van der Waals surface area contributed by atoms with Crippen molar-refractivity contribution in [1.29, 1.82) is 0 Å². The molecule has 2 unspecified atom stereocenters. The summed E-state index contributed by atoms with van der Waals surface area (Å²) in [5.74, 6) is -0.561. The lowest BCUT2D eigenvalue weighted by Gasteiger charge is -2.14. The monoisotopic (exact) mass is 438 g/mol. The lowest BCUT2D eigenvalue weighted by Crippen LogP contribution is -2.40. The standard InChI is InChI=1S/C18H17F3N6O2S/c1-26-7-12(4-24-26)11-3-22-16-13(5-25-27(16)8-11)10-2-14(30-9-10)17(29)23-6-15(28)18(19,20)21/h2-5,8-9,12,15,28H,6-7H2,1H3,(H,23,29). The van der Waals surface area contributed by atoms with Crippen LogP contribution in [0.5, 0.6) is 0 Å². The van der Waals surface area contributed by atoms with E-state index in [1.165, 1.54) is 0 Å². The van der Waals surface area contributed by atoms with Gasteiger partial charge in [-0.05, 0) is 22.6 Å². The highest BCUT2D eigenvalue weighted by atomic mass is 32.1. The maximum atomic E-state index is 12.4. The molecule has 3 aromatic heterocycles. The average molecular weight is 438 g/mol. The summed E-state index contributed by atoms with van der Waals surface area (Å²) in [6.45, 7) is -0.149. The van der Waals surface area contributed by atoms with Crippen LogP contribution in [0, 0.1) is 0 Å². The van der Waals surface area contributed by atoms with Crippen molar-refractivity contribution in [3.63, 3.8) is 0 Å². The predicted molar refractivity (Wildman–Crippen MR) is 105 cm³/mol. The molecule has 4 rings (SSSR count). The van der Waals surface area contributed by atoms with Crippen LogP contribution in [0.25, 0.3) is 16.8 Å². The number of carbonyl (C=O) groups is 1. The van der Waals surface area contributed by atoms with Gasteiger partial charge >= 0.3 is 6.18 Å². The molecule has 30 heavy (non-hydrogen) atoms. The number of hydrazone groups is 1. The van der Waals surface area contributed by atoms with Crippen LogP contribution < -0.4 is 5.32 Å². The van der Waals surface area contributed by atoms with E-state index >= 15 is 0 Å². The van der Waals surface area contributed by atoms with Crippen LogP contribution in [0.1, 0.15) is 21.2 Å². The molecule has 0 saturated carbocycles. The second-order valence-electron chi connectivity index (χ2n) is 6.89. The SMILES string of the molecule is CN1CC(c2cnc3c(-c4csc(C(=O)NCC(O)C(F)(F)F)c4)cnn3c2)C=N1. The summed E-state index contributed by atoms with van der Waals surface area (Å²) >= 11 is 1.08. The summed E-state index contributed by atoms with van der Waals surface area (Å²) < 4.78 is 38.7. The highest BCUT2D eigenvalue weighted by Gasteiger charge is 2.38. The third kappa shape index (κ3) is 4.00. The zero-order valence-electron chi connectivity index (χ0n) is 15.7. The van der Waals surface area contributed by atoms with Crippen LogP contribution in [0.4, 0.5) is 13.2 Å². The number of carbonyl (C=O) groups excluding carboxylic acids is 1. The van der Waals surface area contributed by atoms with E-state index in [0.717, 1.165) is 23.4 Å². The molecule has 0 saturated heterocycles. The van der Waals surface area contributed by atoms with Crippen molar-refractivity contribution >= 4 is 29.1 Å². The molecule has 2 N–H and O–H groups in total. The van der Waals surface area contributed by atoms with Crippen molar-refractivity contribution < 1.29 is 23.1 Å². The van der Waals surface area contributed by atoms with E-state index in [0.29, 0.717) is 16.8 Å². The fourth-order valence-corrected chi connectivity index (χ4v) is 3.86. The van der Waals surface area contributed by atoms with Crippen LogP contribution in [-0.4, -0.2) is 69.3 Å². The van der Waals surface area contributed by atoms with Crippen molar-refractivity contribution in [3.05, 3.63) is 40.5 Å². The molecule has 0 aromatic carbocycles. The molecule has 0 spiro atoms. The Bertz CT molecular complexity index is 1110. The Balaban J connectivity index is 1.50. The highest BCUT2D eigenvalue weighted by Crippen LogP contribution is 2.29. The second kappa shape index (κ2) is 7.69. The van der Waals surface area contributed by atoms with Gasteiger partial charge in [-0.25, -0.2) is 9.50 Å². The molecule has 1 amide bonds. The number of hydrogen-bond acceptors (Lipinski definition) is 7. The molecule has 158 valence electrons. The summed E-state index contributed by atoms with van der Waals surface area (Å²) in [5, 5.41) is 23.2. The Hall–Kier alpha value is -2.99. The van der Waals surface area contributed by atoms with Crippen molar-refractivity contribution in [2.75, 3.05) is 20.1 Å². The highest BCUT2D eigenvalue weighted by molar-refractivity contribution is 7.12. The first-order valence-corrected chi connectivity index (χ1v) is 9.80. The van der Waals surface area contributed by atoms with Crippen molar-refractivity contribution in [2.45, 2.75) is 18.2 Å². The van der Waals surface area contributed by atoms with E-state index < -0.39 is 24.7 Å². The zero-order valence-corrected chi connectivity index (χ0v) is 16.5. The van der Waals surface area contributed by atoms with Crippen LogP contribution >= 0.6 is 11.3 Å². The molecular formula is C18H17F3N6O2S. The van der Waals surface area contributed by atoms with Gasteiger partial charge < -0.3 is 10.4 Å². The molecule has 3 aromatic rings. The van der Waals surface area contributed by atoms with Crippen LogP contribution in [0.15, 0.2) is 35.1 Å². The predicted octanol–water partition coefficient (Wildman–Crippen LogP) is 2.13. The van der Waals surface area contributed by atoms with Crippen molar-refractivity contribution in [1.82, 2.24) is 24.9 Å². The molecule has 4 heterocycles. The first-order chi connectivity index (χ1) is 14.2. The number of thiophene rings is 1. The quantitative estimate of drug-likeness (QED) is 0.637. The van der Waals surface area contributed by atoms with Crippen molar-refractivity contribution in [2.24, 2.45) is 5.10 Å². The molecule has 0 bridgehead atoms. The van der Waals surface area contributed by atoms with E-state index in [-0.39, 0.29) is 10.8 Å². The number of likely N-dealkylation sites (N-methyl/N-ethyl adjacent to an activating group) is 1. The van der Waals surface area contributed by atoms with Crippen LogP contribution in [-0.2, 0) is 0 Å². The van der Waals surface area contributed by atoms with E-state index in [9.17, 15) is 18.0 Å². The molecule has 1 aliphatic rings. The van der Waals surface area contributed by atoms with Gasteiger partial charge in [-0.2, -0.15) is 23.4 Å². The van der Waals surface area contributed by atoms with Gasteiger partial charge in [-0.3, -0.25) is 9.80 Å². The fraction of sp³-hybridized carbons (Fsp3) is 0.333. The molecule has 0 aliphatic carbocycles. The van der Waals surface area contributed by atoms with Gasteiger partial charge in [0.2, 0.25) is 0 Å².